The molecule has 2 rings (SSSR count). The molecule has 0 fully saturated rings. The fraction of sp³-hybridized carbons (Fsp3) is 0.500. The predicted octanol–water partition coefficient (Wildman–Crippen LogP) is 3.74. The van der Waals surface area contributed by atoms with Crippen molar-refractivity contribution in [1.29, 1.82) is 0 Å². The highest BCUT2D eigenvalue weighted by Gasteiger charge is 2.18. The second-order valence-corrected chi connectivity index (χ2v) is 6.34. The average Bonchev–Trinajstić information content (AvgIpc) is 2.81. The summed E-state index contributed by atoms with van der Waals surface area (Å²) in [6.07, 6.45) is 1.12. The van der Waals surface area contributed by atoms with Crippen molar-refractivity contribution in [3.63, 3.8) is 0 Å². The molecule has 0 saturated carbocycles. The second kappa shape index (κ2) is 6.95. The largest absolute Gasteiger partial charge is 0.306 e. The molecule has 1 aromatic heterocycles. The summed E-state index contributed by atoms with van der Waals surface area (Å²) in [5.74, 6) is 0.676. The maximum atomic E-state index is 4.14. The normalized spacial score (nSPS) is 12.8. The van der Waals surface area contributed by atoms with Gasteiger partial charge >= 0.3 is 0 Å². The Morgan fingerprint density at radius 2 is 2.10 bits per heavy atom. The van der Waals surface area contributed by atoms with Crippen LogP contribution in [0, 0.1) is 12.8 Å². The Morgan fingerprint density at radius 1 is 1.30 bits per heavy atom. The second-order valence-electron chi connectivity index (χ2n) is 5.56. The summed E-state index contributed by atoms with van der Waals surface area (Å²) < 4.78 is 4.07. The van der Waals surface area contributed by atoms with E-state index in [0.717, 1.165) is 18.7 Å². The summed E-state index contributed by atoms with van der Waals surface area (Å²) in [4.78, 5) is 1.22. The van der Waals surface area contributed by atoms with Crippen LogP contribution in [0.4, 0.5) is 0 Å². The summed E-state index contributed by atoms with van der Waals surface area (Å²) in [6.45, 7) is 9.60. The first kappa shape index (κ1) is 15.1. The SMILES string of the molecule is CCNC(c1cccc(CC(C)C)c1)c1snnc1C. The molecule has 4 heteroatoms. The third-order valence-electron chi connectivity index (χ3n) is 3.29. The molecule has 0 aliphatic rings. The molecular formula is C16H23N3S. The summed E-state index contributed by atoms with van der Waals surface area (Å²) in [6, 6.07) is 9.07. The first-order chi connectivity index (χ1) is 9.61. The molecule has 1 heterocycles. The van der Waals surface area contributed by atoms with Gasteiger partial charge in [0.15, 0.2) is 0 Å². The Balaban J connectivity index is 2.32. The number of hydrogen-bond acceptors (Lipinski definition) is 4. The van der Waals surface area contributed by atoms with E-state index in [0.29, 0.717) is 5.92 Å². The lowest BCUT2D eigenvalue weighted by atomic mass is 9.97. The van der Waals surface area contributed by atoms with E-state index in [-0.39, 0.29) is 6.04 Å². The van der Waals surface area contributed by atoms with Crippen molar-refractivity contribution in [2.24, 2.45) is 5.92 Å². The van der Waals surface area contributed by atoms with Crippen LogP contribution >= 0.6 is 11.5 Å². The van der Waals surface area contributed by atoms with Crippen LogP contribution in [0.5, 0.6) is 0 Å². The predicted molar refractivity (Wildman–Crippen MR) is 85.1 cm³/mol. The van der Waals surface area contributed by atoms with Gasteiger partial charge in [-0.1, -0.05) is 49.5 Å². The summed E-state index contributed by atoms with van der Waals surface area (Å²) in [5.41, 5.74) is 3.73. The van der Waals surface area contributed by atoms with E-state index in [1.165, 1.54) is 27.5 Å². The van der Waals surface area contributed by atoms with E-state index in [9.17, 15) is 0 Å². The van der Waals surface area contributed by atoms with Gasteiger partial charge in [0.2, 0.25) is 0 Å². The third-order valence-corrected chi connectivity index (χ3v) is 4.18. The minimum Gasteiger partial charge on any atom is -0.306 e. The lowest BCUT2D eigenvalue weighted by Gasteiger charge is -2.18. The van der Waals surface area contributed by atoms with Gasteiger partial charge in [-0.05, 0) is 48.5 Å². The first-order valence-electron chi connectivity index (χ1n) is 7.22. The zero-order valence-electron chi connectivity index (χ0n) is 12.7. The molecule has 0 bridgehead atoms. The van der Waals surface area contributed by atoms with E-state index in [1.54, 1.807) is 0 Å². The standard InChI is InChI=1S/C16H23N3S/c1-5-17-15(16-12(4)18-19-20-16)14-8-6-7-13(10-14)9-11(2)3/h6-8,10-11,15,17H,5,9H2,1-4H3. The van der Waals surface area contributed by atoms with Crippen LogP contribution in [0.1, 0.15) is 48.5 Å². The molecule has 1 unspecified atom stereocenters. The minimum atomic E-state index is 0.201. The van der Waals surface area contributed by atoms with Crippen LogP contribution in [0.15, 0.2) is 24.3 Å². The average molecular weight is 289 g/mol. The van der Waals surface area contributed by atoms with Crippen molar-refractivity contribution < 1.29 is 0 Å². The lowest BCUT2D eigenvalue weighted by molar-refractivity contribution is 0.627. The smallest absolute Gasteiger partial charge is 0.0776 e. The minimum absolute atomic E-state index is 0.201. The molecule has 1 N–H and O–H groups in total. The van der Waals surface area contributed by atoms with Crippen LogP contribution in [-0.2, 0) is 6.42 Å². The Labute approximate surface area is 125 Å². The molecule has 1 aromatic carbocycles. The molecule has 108 valence electrons. The molecule has 0 spiro atoms. The number of aryl methyl sites for hydroxylation is 1. The van der Waals surface area contributed by atoms with Gasteiger partial charge in [-0.25, -0.2) is 0 Å². The molecule has 3 nitrogen and oxygen atoms in total. The fourth-order valence-electron chi connectivity index (χ4n) is 2.44. The van der Waals surface area contributed by atoms with Crippen LogP contribution in [0.2, 0.25) is 0 Å². The van der Waals surface area contributed by atoms with Gasteiger partial charge in [0.25, 0.3) is 0 Å². The molecule has 0 radical (unpaired) electrons. The number of nitrogens with one attached hydrogen (secondary N) is 1. The van der Waals surface area contributed by atoms with Gasteiger partial charge in [0, 0.05) is 0 Å². The number of aromatic nitrogens is 2. The Hall–Kier alpha value is -1.26. The molecule has 1 atom stereocenters. The van der Waals surface area contributed by atoms with Crippen LogP contribution < -0.4 is 5.32 Å². The maximum Gasteiger partial charge on any atom is 0.0776 e. The van der Waals surface area contributed by atoms with Crippen LogP contribution in [0.3, 0.4) is 0 Å². The van der Waals surface area contributed by atoms with Crippen LogP contribution in [-0.4, -0.2) is 16.1 Å². The van der Waals surface area contributed by atoms with Gasteiger partial charge in [-0.2, -0.15) is 0 Å². The molecular weight excluding hydrogens is 266 g/mol. The number of benzene rings is 1. The van der Waals surface area contributed by atoms with Crippen molar-refractivity contribution in [2.45, 2.75) is 40.2 Å². The highest BCUT2D eigenvalue weighted by atomic mass is 32.1. The monoisotopic (exact) mass is 289 g/mol. The molecule has 0 aliphatic carbocycles. The molecule has 20 heavy (non-hydrogen) atoms. The van der Waals surface area contributed by atoms with E-state index in [4.69, 9.17) is 0 Å². The molecule has 0 amide bonds. The Kier molecular flexibility index (Phi) is 5.26. The summed E-state index contributed by atoms with van der Waals surface area (Å²) in [5, 5.41) is 7.70. The highest BCUT2D eigenvalue weighted by Crippen LogP contribution is 2.27. The maximum absolute atomic E-state index is 4.14. The van der Waals surface area contributed by atoms with Crippen molar-refractivity contribution in [3.05, 3.63) is 46.0 Å². The van der Waals surface area contributed by atoms with E-state index in [2.05, 4.69) is 59.9 Å². The quantitative estimate of drug-likeness (QED) is 0.880. The summed E-state index contributed by atoms with van der Waals surface area (Å²) in [7, 11) is 0. The van der Waals surface area contributed by atoms with Crippen LogP contribution in [0.25, 0.3) is 0 Å². The fourth-order valence-corrected chi connectivity index (χ4v) is 3.19. The topological polar surface area (TPSA) is 37.8 Å². The molecule has 0 saturated heterocycles. The van der Waals surface area contributed by atoms with E-state index in [1.807, 2.05) is 6.92 Å². The van der Waals surface area contributed by atoms with E-state index < -0.39 is 0 Å². The van der Waals surface area contributed by atoms with Gasteiger partial charge in [-0.3, -0.25) is 0 Å². The van der Waals surface area contributed by atoms with Crippen molar-refractivity contribution in [3.8, 4) is 0 Å². The van der Waals surface area contributed by atoms with Crippen molar-refractivity contribution >= 4 is 11.5 Å². The summed E-state index contributed by atoms with van der Waals surface area (Å²) >= 11 is 1.49. The molecule has 2 aromatic rings. The number of rotatable bonds is 6. The van der Waals surface area contributed by atoms with Crippen molar-refractivity contribution in [1.82, 2.24) is 14.9 Å². The first-order valence-corrected chi connectivity index (χ1v) is 8.00. The van der Waals surface area contributed by atoms with Crippen molar-refractivity contribution in [2.75, 3.05) is 6.54 Å². The van der Waals surface area contributed by atoms with Gasteiger partial charge in [0.1, 0.15) is 0 Å². The Morgan fingerprint density at radius 3 is 2.70 bits per heavy atom. The zero-order chi connectivity index (χ0) is 14.5. The number of hydrogen-bond donors (Lipinski definition) is 1. The molecule has 0 aliphatic heterocycles. The van der Waals surface area contributed by atoms with E-state index >= 15 is 0 Å². The highest BCUT2D eigenvalue weighted by molar-refractivity contribution is 7.05. The Bertz CT molecular complexity index is 548. The van der Waals surface area contributed by atoms with Gasteiger partial charge in [0.05, 0.1) is 16.6 Å². The third kappa shape index (κ3) is 3.64. The lowest BCUT2D eigenvalue weighted by Crippen LogP contribution is -2.22. The van der Waals surface area contributed by atoms with Gasteiger partial charge < -0.3 is 5.32 Å². The van der Waals surface area contributed by atoms with Gasteiger partial charge in [-0.15, -0.1) is 5.10 Å². The number of nitrogens with zero attached hydrogens (tertiary/aromatic N) is 2. The zero-order valence-corrected chi connectivity index (χ0v) is 13.5.